The Bertz CT molecular complexity index is 256. The first-order valence-corrected chi connectivity index (χ1v) is 7.03. The summed E-state index contributed by atoms with van der Waals surface area (Å²) in [4.78, 5) is 0. The molecule has 1 aromatic carbocycles. The highest BCUT2D eigenvalue weighted by atomic mass is 32.7. The molecule has 0 amide bonds. The van der Waals surface area contributed by atoms with Crippen LogP contribution in [0.4, 0.5) is 0 Å². The van der Waals surface area contributed by atoms with Crippen LogP contribution in [0.15, 0.2) is 30.3 Å². The summed E-state index contributed by atoms with van der Waals surface area (Å²) in [6.45, 7) is 0.204. The number of rotatable bonds is 5. The van der Waals surface area contributed by atoms with Crippen LogP contribution in [0.3, 0.4) is 0 Å². The standard InChI is InChI=1S/C10H16NOPS/c1-11(2)13-14-10(8-12)9-6-4-3-5-7-9/h3-7,10,12-13H,8H2,1-2H3. The minimum Gasteiger partial charge on any atom is -0.395 e. The summed E-state index contributed by atoms with van der Waals surface area (Å²) in [5.74, 6) is 0. The molecule has 0 bridgehead atoms. The van der Waals surface area contributed by atoms with E-state index in [-0.39, 0.29) is 11.9 Å². The second-order valence-corrected chi connectivity index (χ2v) is 6.32. The molecule has 1 rings (SSSR count). The zero-order valence-electron chi connectivity index (χ0n) is 8.47. The van der Waals surface area contributed by atoms with E-state index in [0.29, 0.717) is 7.93 Å². The Morgan fingerprint density at radius 2 is 2.00 bits per heavy atom. The summed E-state index contributed by atoms with van der Waals surface area (Å²) < 4.78 is 2.14. The smallest absolute Gasteiger partial charge is 0.0594 e. The van der Waals surface area contributed by atoms with Gasteiger partial charge in [0.25, 0.3) is 0 Å². The number of nitrogens with zero attached hydrogens (tertiary/aromatic N) is 1. The van der Waals surface area contributed by atoms with Crippen LogP contribution in [-0.4, -0.2) is 30.5 Å². The van der Waals surface area contributed by atoms with E-state index in [9.17, 15) is 5.11 Å². The van der Waals surface area contributed by atoms with E-state index in [1.165, 1.54) is 5.56 Å². The van der Waals surface area contributed by atoms with Crippen molar-refractivity contribution in [3.05, 3.63) is 35.9 Å². The molecule has 14 heavy (non-hydrogen) atoms. The predicted octanol–water partition coefficient (Wildman–Crippen LogP) is 2.52. The Hall–Kier alpha value is -0.0800. The Kier molecular flexibility index (Phi) is 5.49. The maximum Gasteiger partial charge on any atom is 0.0594 e. The lowest BCUT2D eigenvalue weighted by Gasteiger charge is -2.16. The second-order valence-electron chi connectivity index (χ2n) is 3.19. The average molecular weight is 229 g/mol. The summed E-state index contributed by atoms with van der Waals surface area (Å²) in [5.41, 5.74) is 1.20. The van der Waals surface area contributed by atoms with Gasteiger partial charge in [-0.15, -0.1) is 11.4 Å². The number of hydrogen-bond donors (Lipinski definition) is 1. The zero-order chi connectivity index (χ0) is 10.4. The van der Waals surface area contributed by atoms with Crippen molar-refractivity contribution in [2.75, 3.05) is 20.7 Å². The number of aliphatic hydroxyl groups is 1. The summed E-state index contributed by atoms with van der Waals surface area (Å²) >= 11 is 1.79. The third-order valence-electron chi connectivity index (χ3n) is 1.71. The van der Waals surface area contributed by atoms with Crippen molar-refractivity contribution in [2.24, 2.45) is 0 Å². The van der Waals surface area contributed by atoms with Crippen molar-refractivity contribution in [3.63, 3.8) is 0 Å². The maximum absolute atomic E-state index is 9.26. The Morgan fingerprint density at radius 3 is 2.50 bits per heavy atom. The normalized spacial score (nSPS) is 14.0. The molecule has 0 spiro atoms. The molecule has 2 atom stereocenters. The van der Waals surface area contributed by atoms with Gasteiger partial charge in [0.05, 0.1) is 11.9 Å². The molecule has 0 fully saturated rings. The van der Waals surface area contributed by atoms with Crippen LogP contribution in [0.1, 0.15) is 10.8 Å². The van der Waals surface area contributed by atoms with Gasteiger partial charge in [0.1, 0.15) is 0 Å². The first kappa shape index (κ1) is 12.0. The number of hydrogen-bond acceptors (Lipinski definition) is 3. The Balaban J connectivity index is 2.54. The van der Waals surface area contributed by atoms with Crippen molar-refractivity contribution in [3.8, 4) is 0 Å². The van der Waals surface area contributed by atoms with E-state index < -0.39 is 0 Å². The second kappa shape index (κ2) is 6.41. The van der Waals surface area contributed by atoms with E-state index in [4.69, 9.17) is 0 Å². The highest BCUT2D eigenvalue weighted by molar-refractivity contribution is 8.48. The molecule has 0 aliphatic carbocycles. The molecule has 0 heterocycles. The summed E-state index contributed by atoms with van der Waals surface area (Å²) in [7, 11) is 4.78. The fourth-order valence-electron chi connectivity index (χ4n) is 1.05. The Labute approximate surface area is 91.3 Å². The third kappa shape index (κ3) is 3.97. The van der Waals surface area contributed by atoms with Gasteiger partial charge in [0, 0.05) is 7.93 Å². The minimum atomic E-state index is 0.204. The highest BCUT2D eigenvalue weighted by Crippen LogP contribution is 2.42. The highest BCUT2D eigenvalue weighted by Gasteiger charge is 2.10. The third-order valence-corrected chi connectivity index (χ3v) is 5.16. The average Bonchev–Trinajstić information content (AvgIpc) is 2.20. The van der Waals surface area contributed by atoms with Crippen molar-refractivity contribution in [2.45, 2.75) is 5.25 Å². The predicted molar refractivity (Wildman–Crippen MR) is 65.9 cm³/mol. The zero-order valence-corrected chi connectivity index (χ0v) is 10.3. The molecule has 1 N–H and O–H groups in total. The van der Waals surface area contributed by atoms with E-state index in [1.807, 2.05) is 32.3 Å². The number of benzene rings is 1. The fraction of sp³-hybridized carbons (Fsp3) is 0.400. The van der Waals surface area contributed by atoms with E-state index in [2.05, 4.69) is 16.8 Å². The molecule has 0 radical (unpaired) electrons. The van der Waals surface area contributed by atoms with Gasteiger partial charge < -0.3 is 5.11 Å². The molecule has 1 aromatic rings. The topological polar surface area (TPSA) is 23.5 Å². The first-order chi connectivity index (χ1) is 6.74. The van der Waals surface area contributed by atoms with Crippen LogP contribution in [0.5, 0.6) is 0 Å². The summed E-state index contributed by atoms with van der Waals surface area (Å²) in [6, 6.07) is 10.1. The van der Waals surface area contributed by atoms with Crippen molar-refractivity contribution in [1.82, 2.24) is 4.67 Å². The van der Waals surface area contributed by atoms with Gasteiger partial charge in [0.2, 0.25) is 0 Å². The molecule has 78 valence electrons. The lowest BCUT2D eigenvalue weighted by Crippen LogP contribution is -2.00. The first-order valence-electron chi connectivity index (χ1n) is 4.48. The summed E-state index contributed by atoms with van der Waals surface area (Å²) in [5, 5.41) is 9.46. The quantitative estimate of drug-likeness (QED) is 0.785. The molecule has 4 heteroatoms. The van der Waals surface area contributed by atoms with Gasteiger partial charge in [-0.05, 0) is 19.7 Å². The maximum atomic E-state index is 9.26. The lowest BCUT2D eigenvalue weighted by atomic mass is 10.2. The molecule has 0 aliphatic heterocycles. The Morgan fingerprint density at radius 1 is 1.36 bits per heavy atom. The van der Waals surface area contributed by atoms with Gasteiger partial charge in [-0.3, -0.25) is 4.67 Å². The van der Waals surface area contributed by atoms with Crippen molar-refractivity contribution >= 4 is 19.3 Å². The van der Waals surface area contributed by atoms with E-state index in [0.717, 1.165) is 0 Å². The molecule has 0 aliphatic rings. The van der Waals surface area contributed by atoms with Crippen LogP contribution < -0.4 is 0 Å². The molecule has 0 aromatic heterocycles. The van der Waals surface area contributed by atoms with Gasteiger partial charge in [-0.25, -0.2) is 0 Å². The SMILES string of the molecule is CN(C)PSC(CO)c1ccccc1. The molecule has 0 saturated carbocycles. The number of aliphatic hydroxyl groups excluding tert-OH is 1. The minimum absolute atomic E-state index is 0.204. The van der Waals surface area contributed by atoms with Crippen molar-refractivity contribution < 1.29 is 5.11 Å². The van der Waals surface area contributed by atoms with Crippen LogP contribution in [0, 0.1) is 0 Å². The molecule has 2 nitrogen and oxygen atoms in total. The monoisotopic (exact) mass is 229 g/mol. The molecule has 0 saturated heterocycles. The lowest BCUT2D eigenvalue weighted by molar-refractivity contribution is 0.296. The molecular formula is C10H16NOPS. The van der Waals surface area contributed by atoms with Crippen LogP contribution in [0.2, 0.25) is 0 Å². The largest absolute Gasteiger partial charge is 0.395 e. The van der Waals surface area contributed by atoms with Crippen LogP contribution >= 0.6 is 19.3 Å². The van der Waals surface area contributed by atoms with Gasteiger partial charge >= 0.3 is 0 Å². The molecular weight excluding hydrogens is 213 g/mol. The van der Waals surface area contributed by atoms with E-state index in [1.54, 1.807) is 11.4 Å². The van der Waals surface area contributed by atoms with Crippen LogP contribution in [0.25, 0.3) is 0 Å². The van der Waals surface area contributed by atoms with Gasteiger partial charge in [-0.2, -0.15) is 0 Å². The van der Waals surface area contributed by atoms with Crippen molar-refractivity contribution in [1.29, 1.82) is 0 Å². The van der Waals surface area contributed by atoms with E-state index >= 15 is 0 Å². The fourth-order valence-corrected chi connectivity index (χ4v) is 3.40. The summed E-state index contributed by atoms with van der Waals surface area (Å²) in [6.07, 6.45) is 0. The van der Waals surface area contributed by atoms with Gasteiger partial charge in [0.15, 0.2) is 0 Å². The van der Waals surface area contributed by atoms with Gasteiger partial charge in [-0.1, -0.05) is 30.3 Å². The van der Waals surface area contributed by atoms with Crippen LogP contribution in [-0.2, 0) is 0 Å². The molecule has 2 unspecified atom stereocenters.